The second-order valence-electron chi connectivity index (χ2n) is 3.55. The predicted molar refractivity (Wildman–Crippen MR) is 69.5 cm³/mol. The molecule has 3 N–H and O–H groups in total. The summed E-state index contributed by atoms with van der Waals surface area (Å²) in [7, 11) is -2.02. The number of hydrogen-bond acceptors (Lipinski definition) is 4. The molecule has 0 amide bonds. The zero-order chi connectivity index (χ0) is 13.1. The Morgan fingerprint density at radius 1 is 1.53 bits per heavy atom. The minimum Gasteiger partial charge on any atom is -0.496 e. The fraction of sp³-hybridized carbons (Fsp3) is 0.400. The number of halogens is 1. The van der Waals surface area contributed by atoms with Crippen molar-refractivity contribution >= 4 is 26.0 Å². The molecule has 1 rings (SSSR count). The molecule has 5 nitrogen and oxygen atoms in total. The summed E-state index contributed by atoms with van der Waals surface area (Å²) in [6, 6.07) is 4.26. The van der Waals surface area contributed by atoms with Crippen molar-refractivity contribution in [2.75, 3.05) is 13.7 Å². The molecule has 0 bridgehead atoms. The Morgan fingerprint density at radius 3 is 2.65 bits per heavy atom. The van der Waals surface area contributed by atoms with E-state index in [2.05, 4.69) is 20.7 Å². The van der Waals surface area contributed by atoms with Crippen LogP contribution in [0.3, 0.4) is 0 Å². The van der Waals surface area contributed by atoms with Crippen molar-refractivity contribution in [1.82, 2.24) is 4.72 Å². The molecule has 1 atom stereocenters. The van der Waals surface area contributed by atoms with E-state index in [0.717, 1.165) is 0 Å². The maximum atomic E-state index is 11.9. The normalized spacial score (nSPS) is 13.4. The van der Waals surface area contributed by atoms with Gasteiger partial charge in [-0.3, -0.25) is 0 Å². The molecule has 0 saturated carbocycles. The minimum absolute atomic E-state index is 0.172. The largest absolute Gasteiger partial charge is 0.496 e. The maximum Gasteiger partial charge on any atom is 0.240 e. The van der Waals surface area contributed by atoms with Gasteiger partial charge in [-0.1, -0.05) is 0 Å². The molecule has 0 fully saturated rings. The lowest BCUT2D eigenvalue weighted by atomic mass is 10.3. The number of sulfonamides is 1. The lowest BCUT2D eigenvalue weighted by Gasteiger charge is -2.12. The van der Waals surface area contributed by atoms with Crippen molar-refractivity contribution in [2.45, 2.75) is 17.9 Å². The maximum absolute atomic E-state index is 11.9. The van der Waals surface area contributed by atoms with E-state index in [1.54, 1.807) is 13.0 Å². The highest BCUT2D eigenvalue weighted by atomic mass is 79.9. The molecule has 0 spiro atoms. The molecular formula is C10H15BrN2O3S. The van der Waals surface area contributed by atoms with Crippen LogP contribution in [-0.4, -0.2) is 28.1 Å². The minimum atomic E-state index is -3.53. The zero-order valence-electron chi connectivity index (χ0n) is 9.60. The summed E-state index contributed by atoms with van der Waals surface area (Å²) < 4.78 is 31.9. The van der Waals surface area contributed by atoms with Crippen molar-refractivity contribution in [2.24, 2.45) is 5.73 Å². The Hall–Kier alpha value is -0.630. The van der Waals surface area contributed by atoms with Crippen LogP contribution in [0, 0.1) is 0 Å². The van der Waals surface area contributed by atoms with Crippen molar-refractivity contribution in [3.63, 3.8) is 0 Å². The van der Waals surface area contributed by atoms with Crippen LogP contribution in [-0.2, 0) is 10.0 Å². The monoisotopic (exact) mass is 322 g/mol. The van der Waals surface area contributed by atoms with Crippen molar-refractivity contribution in [1.29, 1.82) is 0 Å². The summed E-state index contributed by atoms with van der Waals surface area (Å²) in [4.78, 5) is 0.172. The van der Waals surface area contributed by atoms with E-state index in [1.165, 1.54) is 19.2 Å². The SMILES string of the molecule is COc1ccc(S(=O)(=O)N[C@@H](C)CN)cc1Br. The highest BCUT2D eigenvalue weighted by Gasteiger charge is 2.17. The van der Waals surface area contributed by atoms with Gasteiger partial charge in [0.15, 0.2) is 0 Å². The molecule has 0 aromatic heterocycles. The van der Waals surface area contributed by atoms with Gasteiger partial charge in [-0.2, -0.15) is 0 Å². The van der Waals surface area contributed by atoms with Gasteiger partial charge in [0.05, 0.1) is 16.5 Å². The van der Waals surface area contributed by atoms with E-state index in [1.807, 2.05) is 0 Å². The van der Waals surface area contributed by atoms with Crippen LogP contribution in [0.5, 0.6) is 5.75 Å². The van der Waals surface area contributed by atoms with Gasteiger partial charge < -0.3 is 10.5 Å². The molecule has 1 aromatic rings. The van der Waals surface area contributed by atoms with E-state index >= 15 is 0 Å². The standard InChI is InChI=1S/C10H15BrN2O3S/c1-7(6-12)13-17(14,15)8-3-4-10(16-2)9(11)5-8/h3-5,7,13H,6,12H2,1-2H3/t7-/m0/s1. The number of nitrogens with one attached hydrogen (secondary N) is 1. The molecular weight excluding hydrogens is 308 g/mol. The molecule has 0 saturated heterocycles. The summed E-state index contributed by atoms with van der Waals surface area (Å²) in [5.41, 5.74) is 5.38. The van der Waals surface area contributed by atoms with Crippen LogP contribution in [0.2, 0.25) is 0 Å². The van der Waals surface area contributed by atoms with Crippen molar-refractivity contribution < 1.29 is 13.2 Å². The number of ether oxygens (including phenoxy) is 1. The molecule has 0 aliphatic rings. The van der Waals surface area contributed by atoms with Crippen molar-refractivity contribution in [3.8, 4) is 5.75 Å². The third-order valence-electron chi connectivity index (χ3n) is 2.14. The smallest absolute Gasteiger partial charge is 0.240 e. The van der Waals surface area contributed by atoms with Gasteiger partial charge in [0.1, 0.15) is 5.75 Å². The average molecular weight is 323 g/mol. The first-order valence-corrected chi connectivity index (χ1v) is 7.24. The van der Waals surface area contributed by atoms with Gasteiger partial charge in [0.2, 0.25) is 10.0 Å². The van der Waals surface area contributed by atoms with Gasteiger partial charge >= 0.3 is 0 Å². The van der Waals surface area contributed by atoms with E-state index in [0.29, 0.717) is 10.2 Å². The van der Waals surface area contributed by atoms with Gasteiger partial charge in [0.25, 0.3) is 0 Å². The molecule has 0 radical (unpaired) electrons. The first kappa shape index (κ1) is 14.4. The molecule has 0 unspecified atom stereocenters. The fourth-order valence-corrected chi connectivity index (χ4v) is 3.17. The van der Waals surface area contributed by atoms with Crippen molar-refractivity contribution in [3.05, 3.63) is 22.7 Å². The molecule has 0 aliphatic heterocycles. The topological polar surface area (TPSA) is 81.4 Å². The summed E-state index contributed by atoms with van der Waals surface area (Å²) in [6.45, 7) is 1.95. The number of benzene rings is 1. The van der Waals surface area contributed by atoms with E-state index in [4.69, 9.17) is 10.5 Å². The Morgan fingerprint density at radius 2 is 2.18 bits per heavy atom. The second-order valence-corrected chi connectivity index (χ2v) is 6.12. The van der Waals surface area contributed by atoms with E-state index in [-0.39, 0.29) is 17.5 Å². The average Bonchev–Trinajstić information content (AvgIpc) is 2.28. The molecule has 7 heteroatoms. The zero-order valence-corrected chi connectivity index (χ0v) is 12.0. The second kappa shape index (κ2) is 5.81. The van der Waals surface area contributed by atoms with Crippen LogP contribution in [0.1, 0.15) is 6.92 Å². The summed E-state index contributed by atoms with van der Waals surface area (Å²) in [5, 5.41) is 0. The van der Waals surface area contributed by atoms with Crippen LogP contribution < -0.4 is 15.2 Å². The van der Waals surface area contributed by atoms with Crippen LogP contribution >= 0.6 is 15.9 Å². The molecule has 17 heavy (non-hydrogen) atoms. The number of nitrogens with two attached hydrogens (primary N) is 1. The van der Waals surface area contributed by atoms with Crippen LogP contribution in [0.15, 0.2) is 27.6 Å². The Kier molecular flexibility index (Phi) is 4.93. The molecule has 0 heterocycles. The first-order chi connectivity index (χ1) is 7.90. The Balaban J connectivity index is 3.04. The third-order valence-corrected chi connectivity index (χ3v) is 4.35. The number of rotatable bonds is 5. The molecule has 96 valence electrons. The Bertz CT molecular complexity index is 490. The quantitative estimate of drug-likeness (QED) is 0.850. The first-order valence-electron chi connectivity index (χ1n) is 4.96. The number of methoxy groups -OCH3 is 1. The highest BCUT2D eigenvalue weighted by molar-refractivity contribution is 9.10. The van der Waals surface area contributed by atoms with Gasteiger partial charge in [-0.25, -0.2) is 13.1 Å². The van der Waals surface area contributed by atoms with Gasteiger partial charge in [-0.05, 0) is 41.1 Å². The molecule has 0 aliphatic carbocycles. The van der Waals surface area contributed by atoms with Gasteiger partial charge in [0, 0.05) is 12.6 Å². The third kappa shape index (κ3) is 3.67. The Labute approximate surface area is 110 Å². The molecule has 1 aromatic carbocycles. The van der Waals surface area contributed by atoms with E-state index < -0.39 is 10.0 Å². The lowest BCUT2D eigenvalue weighted by Crippen LogP contribution is -2.37. The predicted octanol–water partition coefficient (Wildman–Crippen LogP) is 1.08. The van der Waals surface area contributed by atoms with Gasteiger partial charge in [-0.15, -0.1) is 0 Å². The summed E-state index contributed by atoms with van der Waals surface area (Å²) in [6.07, 6.45) is 0. The lowest BCUT2D eigenvalue weighted by molar-refractivity contribution is 0.411. The van der Waals surface area contributed by atoms with Crippen LogP contribution in [0.25, 0.3) is 0 Å². The number of hydrogen-bond donors (Lipinski definition) is 2. The van der Waals surface area contributed by atoms with Crippen LogP contribution in [0.4, 0.5) is 0 Å². The summed E-state index contributed by atoms with van der Waals surface area (Å²) in [5.74, 6) is 0.579. The fourth-order valence-electron chi connectivity index (χ4n) is 1.20. The summed E-state index contributed by atoms with van der Waals surface area (Å²) >= 11 is 3.24. The highest BCUT2D eigenvalue weighted by Crippen LogP contribution is 2.27. The van der Waals surface area contributed by atoms with E-state index in [9.17, 15) is 8.42 Å².